The Morgan fingerprint density at radius 3 is 2.53 bits per heavy atom. The highest BCUT2D eigenvalue weighted by Gasteiger charge is 2.22. The van der Waals surface area contributed by atoms with Crippen LogP contribution in [-0.4, -0.2) is 30.0 Å². The average molecular weight is 518 g/mol. The number of carbonyl (C=O) groups is 1. The lowest BCUT2D eigenvalue weighted by Gasteiger charge is -2.20. The highest BCUT2D eigenvalue weighted by atomic mass is 35.5. The van der Waals surface area contributed by atoms with Gasteiger partial charge in [0.25, 0.3) is 0 Å². The highest BCUT2D eigenvalue weighted by Crippen LogP contribution is 2.34. The van der Waals surface area contributed by atoms with Crippen molar-refractivity contribution in [1.29, 1.82) is 0 Å². The highest BCUT2D eigenvalue weighted by molar-refractivity contribution is 7.91. The summed E-state index contributed by atoms with van der Waals surface area (Å²) in [6.07, 6.45) is 3.44. The Labute approximate surface area is 206 Å². The van der Waals surface area contributed by atoms with E-state index in [9.17, 15) is 17.6 Å². The molecule has 0 saturated carbocycles. The largest absolute Gasteiger partial charge is 0.284 e. The minimum Gasteiger partial charge on any atom is -0.284 e. The van der Waals surface area contributed by atoms with Crippen LogP contribution in [0.15, 0.2) is 65.8 Å². The van der Waals surface area contributed by atoms with E-state index in [4.69, 9.17) is 11.6 Å². The summed E-state index contributed by atoms with van der Waals surface area (Å²) in [5, 5.41) is 1.11. The summed E-state index contributed by atoms with van der Waals surface area (Å²) in [5.41, 5.74) is 2.55. The fourth-order valence-electron chi connectivity index (χ4n) is 3.50. The summed E-state index contributed by atoms with van der Waals surface area (Å²) in [6.45, 7) is 2.19. The van der Waals surface area contributed by atoms with E-state index in [1.807, 2.05) is 31.2 Å². The average Bonchev–Trinajstić information content (AvgIpc) is 3.22. The van der Waals surface area contributed by atoms with Crippen molar-refractivity contribution in [2.75, 3.05) is 10.7 Å². The van der Waals surface area contributed by atoms with Crippen LogP contribution < -0.4 is 4.90 Å². The van der Waals surface area contributed by atoms with Crippen LogP contribution in [0.25, 0.3) is 10.2 Å². The molecule has 1 amide bonds. The first-order chi connectivity index (χ1) is 16.2. The smallest absolute Gasteiger partial charge is 0.229 e. The van der Waals surface area contributed by atoms with Crippen molar-refractivity contribution in [2.24, 2.45) is 0 Å². The van der Waals surface area contributed by atoms with E-state index in [1.165, 1.54) is 23.5 Å². The number of sulfone groups is 1. The maximum Gasteiger partial charge on any atom is 0.229 e. The van der Waals surface area contributed by atoms with Crippen molar-refractivity contribution in [1.82, 2.24) is 9.97 Å². The van der Waals surface area contributed by atoms with Gasteiger partial charge in [0.1, 0.15) is 5.82 Å². The fourth-order valence-corrected chi connectivity index (χ4v) is 6.25. The molecule has 0 aliphatic rings. The van der Waals surface area contributed by atoms with Gasteiger partial charge in [0, 0.05) is 23.8 Å². The van der Waals surface area contributed by atoms with Crippen molar-refractivity contribution < 1.29 is 17.6 Å². The van der Waals surface area contributed by atoms with Crippen molar-refractivity contribution >= 4 is 54.0 Å². The quantitative estimate of drug-likeness (QED) is 0.285. The van der Waals surface area contributed by atoms with Gasteiger partial charge in [0.05, 0.1) is 27.4 Å². The maximum absolute atomic E-state index is 13.3. The zero-order chi connectivity index (χ0) is 24.3. The Morgan fingerprint density at radius 1 is 1.12 bits per heavy atom. The summed E-state index contributed by atoms with van der Waals surface area (Å²) >= 11 is 7.55. The molecule has 0 radical (unpaired) electrons. The molecule has 2 aromatic heterocycles. The van der Waals surface area contributed by atoms with Gasteiger partial charge in [-0.2, -0.15) is 0 Å². The Balaban J connectivity index is 1.55. The topological polar surface area (TPSA) is 80.2 Å². The minimum absolute atomic E-state index is 0.0151. The number of aryl methyl sites for hydroxylation is 1. The molecule has 0 N–H and O–H groups in total. The van der Waals surface area contributed by atoms with E-state index in [0.717, 1.165) is 33.5 Å². The third-order valence-corrected chi connectivity index (χ3v) is 8.30. The molecule has 4 rings (SSSR count). The second-order valence-electron chi connectivity index (χ2n) is 7.78. The summed E-state index contributed by atoms with van der Waals surface area (Å²) in [7, 11) is -3.63. The molecule has 0 atom stereocenters. The number of thiazole rings is 1. The van der Waals surface area contributed by atoms with Crippen molar-refractivity contribution in [3.63, 3.8) is 0 Å². The molecule has 0 aliphatic heterocycles. The van der Waals surface area contributed by atoms with Crippen LogP contribution in [0.5, 0.6) is 0 Å². The van der Waals surface area contributed by atoms with Crippen LogP contribution in [0.4, 0.5) is 9.52 Å². The van der Waals surface area contributed by atoms with E-state index in [0.29, 0.717) is 10.2 Å². The van der Waals surface area contributed by atoms with Crippen LogP contribution >= 0.6 is 22.9 Å². The lowest BCUT2D eigenvalue weighted by molar-refractivity contribution is -0.118. The minimum atomic E-state index is -3.63. The number of carbonyl (C=O) groups excluding carboxylic acids is 1. The van der Waals surface area contributed by atoms with Crippen molar-refractivity contribution in [3.8, 4) is 0 Å². The number of anilines is 1. The van der Waals surface area contributed by atoms with Gasteiger partial charge in [0.15, 0.2) is 15.0 Å². The monoisotopic (exact) mass is 517 g/mol. The molecular formula is C24H21ClFN3O3S2. The van der Waals surface area contributed by atoms with Crippen LogP contribution in [0, 0.1) is 12.7 Å². The van der Waals surface area contributed by atoms with Crippen molar-refractivity contribution in [2.45, 2.75) is 31.2 Å². The maximum atomic E-state index is 13.3. The molecule has 0 saturated heterocycles. The number of halogens is 2. The van der Waals surface area contributed by atoms with E-state index in [-0.39, 0.29) is 35.9 Å². The third-order valence-electron chi connectivity index (χ3n) is 5.24. The molecule has 176 valence electrons. The number of amides is 1. The lowest BCUT2D eigenvalue weighted by Crippen LogP contribution is -2.30. The van der Waals surface area contributed by atoms with E-state index in [1.54, 1.807) is 17.3 Å². The van der Waals surface area contributed by atoms with Crippen LogP contribution in [-0.2, 0) is 21.2 Å². The zero-order valence-electron chi connectivity index (χ0n) is 18.2. The van der Waals surface area contributed by atoms with Crippen molar-refractivity contribution in [3.05, 3.63) is 82.9 Å². The Hall–Kier alpha value is -2.88. The molecule has 0 aliphatic carbocycles. The summed E-state index contributed by atoms with van der Waals surface area (Å²) in [4.78, 5) is 23.5. The second-order valence-corrected chi connectivity index (χ2v) is 11.3. The molecule has 0 unspecified atom stereocenters. The van der Waals surface area contributed by atoms with Gasteiger partial charge in [-0.15, -0.1) is 0 Å². The Bertz CT molecular complexity index is 1430. The first-order valence-electron chi connectivity index (χ1n) is 10.5. The molecule has 34 heavy (non-hydrogen) atoms. The number of nitrogens with zero attached hydrogens (tertiary/aromatic N) is 3. The van der Waals surface area contributed by atoms with Gasteiger partial charge in [-0.25, -0.2) is 17.8 Å². The molecule has 0 bridgehead atoms. The summed E-state index contributed by atoms with van der Waals surface area (Å²) < 4.78 is 39.1. The molecule has 6 nitrogen and oxygen atoms in total. The van der Waals surface area contributed by atoms with E-state index < -0.39 is 15.7 Å². The van der Waals surface area contributed by atoms with Gasteiger partial charge in [0.2, 0.25) is 5.91 Å². The Kier molecular flexibility index (Phi) is 7.25. The molecule has 0 fully saturated rings. The molecule has 2 aromatic carbocycles. The lowest BCUT2D eigenvalue weighted by atomic mass is 10.2. The standard InChI is InChI=1S/C24H21ClFN3O3S2/c1-16-13-18(25)14-21-23(16)28-24(33-21)29(15-17-8-10-27-11-9-17)22(30)3-2-12-34(31,32)20-6-4-19(26)5-7-20/h4-11,13-14H,2-3,12,15H2,1H3. The van der Waals surface area contributed by atoms with Gasteiger partial charge < -0.3 is 0 Å². The van der Waals surface area contributed by atoms with Gasteiger partial charge in [-0.3, -0.25) is 14.7 Å². The molecule has 2 heterocycles. The van der Waals surface area contributed by atoms with Gasteiger partial charge >= 0.3 is 0 Å². The number of fused-ring (bicyclic) bond motifs is 1. The van der Waals surface area contributed by atoms with Gasteiger partial charge in [-0.1, -0.05) is 22.9 Å². The molecule has 0 spiro atoms. The molecule has 4 aromatic rings. The van der Waals surface area contributed by atoms with Crippen LogP contribution in [0.2, 0.25) is 5.02 Å². The van der Waals surface area contributed by atoms with E-state index in [2.05, 4.69) is 9.97 Å². The number of pyridine rings is 1. The number of hydrogen-bond donors (Lipinski definition) is 0. The molecule has 10 heteroatoms. The van der Waals surface area contributed by atoms with E-state index >= 15 is 0 Å². The number of rotatable bonds is 8. The number of aromatic nitrogens is 2. The number of benzene rings is 2. The van der Waals surface area contributed by atoms with Crippen LogP contribution in [0.1, 0.15) is 24.0 Å². The fraction of sp³-hybridized carbons (Fsp3) is 0.208. The SMILES string of the molecule is Cc1cc(Cl)cc2sc(N(Cc3ccncc3)C(=O)CCCS(=O)(=O)c3ccc(F)cc3)nc12. The predicted octanol–water partition coefficient (Wildman–Crippen LogP) is 5.58. The predicted molar refractivity (Wildman–Crippen MR) is 132 cm³/mol. The van der Waals surface area contributed by atoms with Gasteiger partial charge in [-0.05, 0) is 73.0 Å². The molecular weight excluding hydrogens is 497 g/mol. The first kappa shape index (κ1) is 24.3. The normalized spacial score (nSPS) is 11.6. The summed E-state index contributed by atoms with van der Waals surface area (Å²) in [5.74, 6) is -0.968. The number of hydrogen-bond acceptors (Lipinski definition) is 6. The second kappa shape index (κ2) is 10.2. The Morgan fingerprint density at radius 2 is 1.82 bits per heavy atom. The van der Waals surface area contributed by atoms with Crippen LogP contribution in [0.3, 0.4) is 0 Å². The zero-order valence-corrected chi connectivity index (χ0v) is 20.6. The third kappa shape index (κ3) is 5.60. The first-order valence-corrected chi connectivity index (χ1v) is 13.3. The summed E-state index contributed by atoms with van der Waals surface area (Å²) in [6, 6.07) is 11.9.